The van der Waals surface area contributed by atoms with Crippen LogP contribution in [-0.2, 0) is 0 Å². The third kappa shape index (κ3) is 3.45. The molecule has 0 aliphatic rings. The molecule has 0 aliphatic heterocycles. The van der Waals surface area contributed by atoms with E-state index in [1.165, 1.54) is 7.11 Å². The average molecular weight is 280 g/mol. The Morgan fingerprint density at radius 3 is 2.58 bits per heavy atom. The summed E-state index contributed by atoms with van der Waals surface area (Å²) >= 11 is 5.88. The molecule has 0 bridgehead atoms. The number of phenols is 1. The molecule has 2 rings (SSSR count). The van der Waals surface area contributed by atoms with E-state index in [2.05, 4.69) is 5.32 Å². The molecule has 0 saturated heterocycles. The number of benzene rings is 2. The van der Waals surface area contributed by atoms with Gasteiger partial charge in [0.25, 0.3) is 0 Å². The molecule has 0 unspecified atom stereocenters. The molecule has 0 spiro atoms. The molecule has 0 aromatic heterocycles. The van der Waals surface area contributed by atoms with Gasteiger partial charge in [-0.1, -0.05) is 29.8 Å². The summed E-state index contributed by atoms with van der Waals surface area (Å²) in [7, 11) is 1.53. The summed E-state index contributed by atoms with van der Waals surface area (Å²) in [5.74, 6) is 1.27. The van der Waals surface area contributed by atoms with Crippen molar-refractivity contribution in [3.63, 3.8) is 0 Å². The quantitative estimate of drug-likeness (QED) is 0.650. The van der Waals surface area contributed by atoms with Crippen molar-refractivity contribution in [3.8, 4) is 17.2 Å². The fourth-order valence-electron chi connectivity index (χ4n) is 1.54. The summed E-state index contributed by atoms with van der Waals surface area (Å²) in [5.41, 5.74) is 0.459. The monoisotopic (exact) mass is 279 g/mol. The maximum absolute atomic E-state index is 9.81. The number of ether oxygens (including phenoxy) is 2. The Morgan fingerprint density at radius 1 is 1.16 bits per heavy atom. The Kier molecular flexibility index (Phi) is 4.36. The zero-order valence-electron chi connectivity index (χ0n) is 10.4. The van der Waals surface area contributed by atoms with Gasteiger partial charge in [-0.3, -0.25) is 0 Å². The van der Waals surface area contributed by atoms with Crippen LogP contribution in [0.5, 0.6) is 17.2 Å². The number of halogens is 1. The number of methoxy groups -OCH3 is 1. The first-order chi connectivity index (χ1) is 9.20. The summed E-state index contributed by atoms with van der Waals surface area (Å²) in [6.45, 7) is 0.209. The number of phenolic OH excluding ortho intramolecular Hbond substituents is 1. The smallest absolute Gasteiger partial charge is 0.159 e. The molecular formula is C14H14ClNO3. The fraction of sp³-hybridized carbons (Fsp3) is 0.143. The van der Waals surface area contributed by atoms with E-state index >= 15 is 0 Å². The van der Waals surface area contributed by atoms with Gasteiger partial charge in [-0.25, -0.2) is 0 Å². The van der Waals surface area contributed by atoms with Crippen LogP contribution in [0.3, 0.4) is 0 Å². The van der Waals surface area contributed by atoms with Gasteiger partial charge in [0.2, 0.25) is 0 Å². The second-order valence-electron chi connectivity index (χ2n) is 3.78. The lowest BCUT2D eigenvalue weighted by Crippen LogP contribution is -2.09. The first-order valence-corrected chi connectivity index (χ1v) is 6.06. The zero-order chi connectivity index (χ0) is 13.7. The number of hydrogen-bond donors (Lipinski definition) is 2. The van der Waals surface area contributed by atoms with Gasteiger partial charge in [-0.15, -0.1) is 0 Å². The Labute approximate surface area is 116 Å². The number of para-hydroxylation sites is 1. The highest BCUT2D eigenvalue weighted by molar-refractivity contribution is 6.32. The lowest BCUT2D eigenvalue weighted by molar-refractivity contribution is 0.345. The number of hydrogen-bond acceptors (Lipinski definition) is 4. The molecule has 0 atom stereocenters. The normalized spacial score (nSPS) is 10.0. The third-order valence-corrected chi connectivity index (χ3v) is 2.81. The predicted molar refractivity (Wildman–Crippen MR) is 75.2 cm³/mol. The van der Waals surface area contributed by atoms with Gasteiger partial charge in [0.05, 0.1) is 17.8 Å². The minimum absolute atomic E-state index is 0.0286. The molecule has 0 saturated carbocycles. The highest BCUT2D eigenvalue weighted by Gasteiger charge is 2.08. The van der Waals surface area contributed by atoms with Gasteiger partial charge in [0, 0.05) is 12.1 Å². The lowest BCUT2D eigenvalue weighted by Gasteiger charge is -2.12. The summed E-state index contributed by atoms with van der Waals surface area (Å²) in [5, 5.41) is 13.0. The fourth-order valence-corrected chi connectivity index (χ4v) is 1.75. The van der Waals surface area contributed by atoms with Crippen molar-refractivity contribution in [2.24, 2.45) is 0 Å². The van der Waals surface area contributed by atoms with Crippen LogP contribution < -0.4 is 14.8 Å². The molecule has 0 radical (unpaired) electrons. The first-order valence-electron chi connectivity index (χ1n) is 5.69. The van der Waals surface area contributed by atoms with Crippen molar-refractivity contribution in [1.29, 1.82) is 0 Å². The number of anilines is 1. The van der Waals surface area contributed by atoms with Crippen molar-refractivity contribution in [3.05, 3.63) is 47.5 Å². The maximum Gasteiger partial charge on any atom is 0.159 e. The van der Waals surface area contributed by atoms with Crippen LogP contribution in [-0.4, -0.2) is 18.9 Å². The van der Waals surface area contributed by atoms with Gasteiger partial charge in [-0.05, 0) is 12.1 Å². The van der Waals surface area contributed by atoms with E-state index in [9.17, 15) is 5.11 Å². The minimum atomic E-state index is -0.0286. The molecule has 100 valence electrons. The molecule has 2 aromatic rings. The minimum Gasteiger partial charge on any atom is -0.504 e. The maximum atomic E-state index is 9.81. The second-order valence-corrected chi connectivity index (χ2v) is 4.19. The van der Waals surface area contributed by atoms with Crippen LogP contribution in [0.15, 0.2) is 42.5 Å². The van der Waals surface area contributed by atoms with Gasteiger partial charge < -0.3 is 19.9 Å². The van der Waals surface area contributed by atoms with Gasteiger partial charge in [0.1, 0.15) is 11.5 Å². The van der Waals surface area contributed by atoms with Crippen LogP contribution in [0.25, 0.3) is 0 Å². The van der Waals surface area contributed by atoms with Crippen molar-refractivity contribution >= 4 is 17.3 Å². The Hall–Kier alpha value is -2.07. The molecule has 2 aromatic carbocycles. The van der Waals surface area contributed by atoms with E-state index < -0.39 is 0 Å². The van der Waals surface area contributed by atoms with Crippen LogP contribution in [0.2, 0.25) is 5.02 Å². The summed E-state index contributed by atoms with van der Waals surface area (Å²) in [6, 6.07) is 12.6. The van der Waals surface area contributed by atoms with E-state index in [4.69, 9.17) is 21.1 Å². The zero-order valence-corrected chi connectivity index (χ0v) is 11.1. The summed E-state index contributed by atoms with van der Waals surface area (Å²) < 4.78 is 10.6. The van der Waals surface area contributed by atoms with Crippen molar-refractivity contribution < 1.29 is 14.6 Å². The molecule has 19 heavy (non-hydrogen) atoms. The number of rotatable bonds is 5. The Bertz CT molecular complexity index is 546. The molecule has 2 N–H and O–H groups in total. The van der Waals surface area contributed by atoms with Crippen molar-refractivity contribution in [1.82, 2.24) is 0 Å². The lowest BCUT2D eigenvalue weighted by atomic mass is 10.2. The largest absolute Gasteiger partial charge is 0.504 e. The van der Waals surface area contributed by atoms with Gasteiger partial charge >= 0.3 is 0 Å². The summed E-state index contributed by atoms with van der Waals surface area (Å²) in [6.07, 6.45) is 0. The first kappa shape index (κ1) is 13.4. The van der Waals surface area contributed by atoms with E-state index in [-0.39, 0.29) is 17.5 Å². The SMILES string of the molecule is COc1cc(Cl)c(O)c(NCOc2ccccc2)c1. The van der Waals surface area contributed by atoms with Gasteiger partial charge in [-0.2, -0.15) is 0 Å². The highest BCUT2D eigenvalue weighted by Crippen LogP contribution is 2.35. The van der Waals surface area contributed by atoms with Crippen LogP contribution in [0.1, 0.15) is 0 Å². The van der Waals surface area contributed by atoms with E-state index in [0.717, 1.165) is 5.75 Å². The molecule has 0 heterocycles. The van der Waals surface area contributed by atoms with E-state index in [1.807, 2.05) is 30.3 Å². The van der Waals surface area contributed by atoms with Crippen molar-refractivity contribution in [2.75, 3.05) is 19.2 Å². The highest BCUT2D eigenvalue weighted by atomic mass is 35.5. The Morgan fingerprint density at radius 2 is 1.89 bits per heavy atom. The van der Waals surface area contributed by atoms with Crippen LogP contribution >= 0.6 is 11.6 Å². The average Bonchev–Trinajstić information content (AvgIpc) is 2.44. The summed E-state index contributed by atoms with van der Waals surface area (Å²) in [4.78, 5) is 0. The third-order valence-electron chi connectivity index (χ3n) is 2.52. The molecule has 0 amide bonds. The number of nitrogens with one attached hydrogen (secondary N) is 1. The van der Waals surface area contributed by atoms with Gasteiger partial charge in [0.15, 0.2) is 12.5 Å². The van der Waals surface area contributed by atoms with E-state index in [0.29, 0.717) is 11.4 Å². The molecule has 0 fully saturated rings. The molecule has 4 nitrogen and oxygen atoms in total. The standard InChI is InChI=1S/C14H14ClNO3/c1-18-11-7-12(15)14(17)13(8-11)16-9-19-10-5-3-2-4-6-10/h2-8,16-17H,9H2,1H3. The van der Waals surface area contributed by atoms with E-state index in [1.54, 1.807) is 12.1 Å². The van der Waals surface area contributed by atoms with Crippen LogP contribution in [0, 0.1) is 0 Å². The molecule has 0 aliphatic carbocycles. The molecule has 5 heteroatoms. The topological polar surface area (TPSA) is 50.7 Å². The van der Waals surface area contributed by atoms with Crippen LogP contribution in [0.4, 0.5) is 5.69 Å². The Balaban J connectivity index is 2.01. The predicted octanol–water partition coefficient (Wildman–Crippen LogP) is 3.50. The van der Waals surface area contributed by atoms with Crippen molar-refractivity contribution in [2.45, 2.75) is 0 Å². The second kappa shape index (κ2) is 6.20. The molecular weight excluding hydrogens is 266 g/mol. The number of aromatic hydroxyl groups is 1.